The highest BCUT2D eigenvalue weighted by Crippen LogP contribution is 1.94. The standard InChI is InChI=1S/C13H13NO4/c15-11(13(17)18)8-9-14-12(16)7-6-10-4-2-1-3-5-10/h1-5,11,15H,8-9H2,(H,14,16)(H,17,18)/t11-/m0/s1. The Kier molecular flexibility index (Phi) is 5.42. The zero-order valence-electron chi connectivity index (χ0n) is 9.59. The highest BCUT2D eigenvalue weighted by Gasteiger charge is 2.12. The van der Waals surface area contributed by atoms with Crippen LogP contribution in [0.3, 0.4) is 0 Å². The number of nitrogens with one attached hydrogen (secondary N) is 1. The van der Waals surface area contributed by atoms with E-state index in [-0.39, 0.29) is 13.0 Å². The topological polar surface area (TPSA) is 86.6 Å². The minimum atomic E-state index is -1.47. The van der Waals surface area contributed by atoms with Gasteiger partial charge in [0.15, 0.2) is 6.10 Å². The van der Waals surface area contributed by atoms with Crippen LogP contribution in [0.4, 0.5) is 0 Å². The largest absolute Gasteiger partial charge is 0.479 e. The summed E-state index contributed by atoms with van der Waals surface area (Å²) in [4.78, 5) is 21.5. The molecule has 1 aromatic carbocycles. The lowest BCUT2D eigenvalue weighted by molar-refractivity contribution is -0.147. The maximum atomic E-state index is 11.3. The molecule has 3 N–H and O–H groups in total. The number of carbonyl (C=O) groups is 2. The van der Waals surface area contributed by atoms with Crippen LogP contribution in [0, 0.1) is 11.8 Å². The molecule has 0 aliphatic rings. The fraction of sp³-hybridized carbons (Fsp3) is 0.231. The quantitative estimate of drug-likeness (QED) is 0.653. The number of hydrogen-bond acceptors (Lipinski definition) is 3. The number of hydrogen-bond donors (Lipinski definition) is 3. The van der Waals surface area contributed by atoms with Crippen molar-refractivity contribution in [2.75, 3.05) is 6.54 Å². The van der Waals surface area contributed by atoms with E-state index in [0.717, 1.165) is 5.56 Å². The summed E-state index contributed by atoms with van der Waals surface area (Å²) in [6.07, 6.45) is -1.51. The van der Waals surface area contributed by atoms with Crippen LogP contribution in [0.15, 0.2) is 30.3 Å². The zero-order valence-corrected chi connectivity index (χ0v) is 9.59. The Morgan fingerprint density at radius 2 is 1.94 bits per heavy atom. The molecule has 0 unspecified atom stereocenters. The SMILES string of the molecule is O=C(C#Cc1ccccc1)NCC[C@H](O)C(=O)O. The molecule has 0 saturated carbocycles. The van der Waals surface area contributed by atoms with Crippen LogP contribution in [0.25, 0.3) is 0 Å². The van der Waals surface area contributed by atoms with Crippen molar-refractivity contribution in [3.05, 3.63) is 35.9 Å². The van der Waals surface area contributed by atoms with Crippen molar-refractivity contribution in [2.24, 2.45) is 0 Å². The van der Waals surface area contributed by atoms with Crippen molar-refractivity contribution >= 4 is 11.9 Å². The highest BCUT2D eigenvalue weighted by molar-refractivity contribution is 5.94. The van der Waals surface area contributed by atoms with E-state index in [1.54, 1.807) is 12.1 Å². The molecule has 5 nitrogen and oxygen atoms in total. The van der Waals surface area contributed by atoms with E-state index in [2.05, 4.69) is 17.2 Å². The number of aliphatic hydroxyl groups excluding tert-OH is 1. The van der Waals surface area contributed by atoms with E-state index in [4.69, 9.17) is 10.2 Å². The zero-order chi connectivity index (χ0) is 13.4. The van der Waals surface area contributed by atoms with E-state index < -0.39 is 18.0 Å². The number of benzene rings is 1. The summed E-state index contributed by atoms with van der Waals surface area (Å²) in [5.41, 5.74) is 0.721. The summed E-state index contributed by atoms with van der Waals surface area (Å²) in [5.74, 6) is 3.23. The molecular formula is C13H13NO4. The van der Waals surface area contributed by atoms with Gasteiger partial charge in [-0.15, -0.1) is 0 Å². The lowest BCUT2D eigenvalue weighted by Crippen LogP contribution is -2.29. The molecule has 0 aliphatic heterocycles. The molecule has 0 aromatic heterocycles. The third kappa shape index (κ3) is 5.14. The lowest BCUT2D eigenvalue weighted by atomic mass is 10.2. The number of amides is 1. The van der Waals surface area contributed by atoms with E-state index in [1.165, 1.54) is 0 Å². The number of aliphatic carboxylic acids is 1. The number of carbonyl (C=O) groups excluding carboxylic acids is 1. The molecule has 1 rings (SSSR count). The maximum absolute atomic E-state index is 11.3. The molecule has 1 atom stereocenters. The van der Waals surface area contributed by atoms with Gasteiger partial charge in [0.2, 0.25) is 0 Å². The molecular weight excluding hydrogens is 234 g/mol. The highest BCUT2D eigenvalue weighted by atomic mass is 16.4. The minimum absolute atomic E-state index is 0.0475. The Hall–Kier alpha value is -2.32. The molecule has 0 bridgehead atoms. The van der Waals surface area contributed by atoms with E-state index in [0.29, 0.717) is 0 Å². The third-order valence-corrected chi connectivity index (χ3v) is 2.08. The van der Waals surface area contributed by atoms with Gasteiger partial charge in [-0.3, -0.25) is 4.79 Å². The van der Waals surface area contributed by atoms with Crippen LogP contribution >= 0.6 is 0 Å². The first kappa shape index (κ1) is 13.7. The smallest absolute Gasteiger partial charge is 0.332 e. The minimum Gasteiger partial charge on any atom is -0.479 e. The first-order valence-corrected chi connectivity index (χ1v) is 5.35. The first-order valence-electron chi connectivity index (χ1n) is 5.35. The Balaban J connectivity index is 2.35. The van der Waals surface area contributed by atoms with Crippen molar-refractivity contribution in [1.82, 2.24) is 5.32 Å². The fourth-order valence-corrected chi connectivity index (χ4v) is 1.14. The molecule has 5 heteroatoms. The van der Waals surface area contributed by atoms with Crippen LogP contribution in [0.5, 0.6) is 0 Å². The Bertz CT molecular complexity index is 473. The van der Waals surface area contributed by atoms with Gasteiger partial charge < -0.3 is 15.5 Å². The number of carboxylic acid groups (broad SMARTS) is 1. The molecule has 0 saturated heterocycles. The van der Waals surface area contributed by atoms with E-state index in [9.17, 15) is 9.59 Å². The van der Waals surface area contributed by atoms with Crippen molar-refractivity contribution < 1.29 is 19.8 Å². The van der Waals surface area contributed by atoms with Crippen LogP contribution < -0.4 is 5.32 Å². The van der Waals surface area contributed by atoms with Gasteiger partial charge in [-0.05, 0) is 12.1 Å². The monoisotopic (exact) mass is 247 g/mol. The molecule has 0 fully saturated rings. The predicted molar refractivity (Wildman–Crippen MR) is 64.6 cm³/mol. The number of rotatable bonds is 4. The predicted octanol–water partition coefficient (Wildman–Crippen LogP) is -0.0101. The van der Waals surface area contributed by atoms with Gasteiger partial charge in [0.05, 0.1) is 0 Å². The Morgan fingerprint density at radius 3 is 2.56 bits per heavy atom. The summed E-state index contributed by atoms with van der Waals surface area (Å²) < 4.78 is 0. The van der Waals surface area contributed by atoms with Crippen molar-refractivity contribution in [3.8, 4) is 11.8 Å². The molecule has 18 heavy (non-hydrogen) atoms. The third-order valence-electron chi connectivity index (χ3n) is 2.08. The number of aliphatic hydroxyl groups is 1. The van der Waals surface area contributed by atoms with Gasteiger partial charge in [0, 0.05) is 24.4 Å². The van der Waals surface area contributed by atoms with Crippen molar-refractivity contribution in [2.45, 2.75) is 12.5 Å². The van der Waals surface area contributed by atoms with Crippen LogP contribution in [0.1, 0.15) is 12.0 Å². The van der Waals surface area contributed by atoms with Crippen LogP contribution in [-0.4, -0.2) is 34.7 Å². The van der Waals surface area contributed by atoms with Gasteiger partial charge in [-0.2, -0.15) is 0 Å². The molecule has 0 heterocycles. The lowest BCUT2D eigenvalue weighted by Gasteiger charge is -2.04. The van der Waals surface area contributed by atoms with Gasteiger partial charge in [0.1, 0.15) is 0 Å². The summed E-state index contributed by atoms with van der Waals surface area (Å²) in [7, 11) is 0. The molecule has 1 aromatic rings. The van der Waals surface area contributed by atoms with Crippen molar-refractivity contribution in [3.63, 3.8) is 0 Å². The Labute approximate surface area is 104 Å². The molecule has 94 valence electrons. The number of carboxylic acids is 1. The Morgan fingerprint density at radius 1 is 1.28 bits per heavy atom. The molecule has 1 amide bonds. The molecule has 0 radical (unpaired) electrons. The summed E-state index contributed by atoms with van der Waals surface area (Å²) in [6, 6.07) is 9.01. The second-order valence-electron chi connectivity index (χ2n) is 3.51. The van der Waals surface area contributed by atoms with Crippen LogP contribution in [0.2, 0.25) is 0 Å². The summed E-state index contributed by atoms with van der Waals surface area (Å²) >= 11 is 0. The van der Waals surface area contributed by atoms with E-state index >= 15 is 0 Å². The fourth-order valence-electron chi connectivity index (χ4n) is 1.14. The van der Waals surface area contributed by atoms with Gasteiger partial charge >= 0.3 is 5.97 Å². The average Bonchev–Trinajstić information content (AvgIpc) is 2.37. The first-order chi connectivity index (χ1) is 8.59. The normalized spacial score (nSPS) is 10.9. The van der Waals surface area contributed by atoms with Gasteiger partial charge in [-0.25, -0.2) is 4.79 Å². The van der Waals surface area contributed by atoms with Crippen molar-refractivity contribution in [1.29, 1.82) is 0 Å². The van der Waals surface area contributed by atoms with Crippen LogP contribution in [-0.2, 0) is 9.59 Å². The van der Waals surface area contributed by atoms with Gasteiger partial charge in [0.25, 0.3) is 5.91 Å². The molecule has 0 aliphatic carbocycles. The molecule has 0 spiro atoms. The second-order valence-corrected chi connectivity index (χ2v) is 3.51. The summed E-state index contributed by atoms with van der Waals surface area (Å²) in [6.45, 7) is 0.0652. The second kappa shape index (κ2) is 7.09. The maximum Gasteiger partial charge on any atom is 0.332 e. The summed E-state index contributed by atoms with van der Waals surface area (Å²) in [5, 5.41) is 19.8. The van der Waals surface area contributed by atoms with Gasteiger partial charge in [-0.1, -0.05) is 24.1 Å². The van der Waals surface area contributed by atoms with E-state index in [1.807, 2.05) is 18.2 Å². The average molecular weight is 247 g/mol.